The molecular weight excluding hydrogens is 244 g/mol. The topological polar surface area (TPSA) is 48.1 Å². The summed E-state index contributed by atoms with van der Waals surface area (Å²) in [6.07, 6.45) is 1.87. The van der Waals surface area contributed by atoms with Gasteiger partial charge in [0.15, 0.2) is 0 Å². The summed E-state index contributed by atoms with van der Waals surface area (Å²) in [5, 5.41) is 3.12. The van der Waals surface area contributed by atoms with Crippen LogP contribution < -0.4 is 10.5 Å². The Hall–Kier alpha value is -1.39. The van der Waals surface area contributed by atoms with Gasteiger partial charge in [0.1, 0.15) is 10.8 Å². The van der Waals surface area contributed by atoms with Crippen LogP contribution in [-0.4, -0.2) is 18.1 Å². The number of hydrogen-bond acceptors (Lipinski definition) is 4. The fourth-order valence-electron chi connectivity index (χ4n) is 1.62. The lowest BCUT2D eigenvalue weighted by Crippen LogP contribution is -2.02. The zero-order valence-corrected chi connectivity index (χ0v) is 11.4. The molecule has 1 heterocycles. The fourth-order valence-corrected chi connectivity index (χ4v) is 2.48. The monoisotopic (exact) mass is 262 g/mol. The first-order valence-corrected chi connectivity index (χ1v) is 7.09. The summed E-state index contributed by atoms with van der Waals surface area (Å²) in [6, 6.07) is 8.09. The first-order chi connectivity index (χ1) is 8.83. The highest BCUT2D eigenvalue weighted by Crippen LogP contribution is 2.25. The van der Waals surface area contributed by atoms with Crippen molar-refractivity contribution in [1.29, 1.82) is 0 Å². The second-order valence-corrected chi connectivity index (χ2v) is 4.91. The summed E-state index contributed by atoms with van der Waals surface area (Å²) in [7, 11) is 0. The molecule has 0 spiro atoms. The molecule has 0 unspecified atom stereocenters. The Morgan fingerprint density at radius 3 is 2.72 bits per heavy atom. The van der Waals surface area contributed by atoms with Gasteiger partial charge in [0.2, 0.25) is 0 Å². The van der Waals surface area contributed by atoms with Crippen LogP contribution in [0.3, 0.4) is 0 Å². The number of thiazole rings is 1. The van der Waals surface area contributed by atoms with E-state index in [-0.39, 0.29) is 0 Å². The van der Waals surface area contributed by atoms with E-state index in [2.05, 4.69) is 29.4 Å². The van der Waals surface area contributed by atoms with Crippen LogP contribution in [0.5, 0.6) is 5.75 Å². The van der Waals surface area contributed by atoms with Gasteiger partial charge in [-0.25, -0.2) is 4.98 Å². The Morgan fingerprint density at radius 1 is 1.28 bits per heavy atom. The lowest BCUT2D eigenvalue weighted by molar-refractivity contribution is 0.317. The summed E-state index contributed by atoms with van der Waals surface area (Å²) in [6.45, 7) is 3.51. The molecule has 0 atom stereocenters. The van der Waals surface area contributed by atoms with E-state index < -0.39 is 0 Å². The molecular formula is C14H18N2OS. The number of rotatable bonds is 6. The third-order valence-electron chi connectivity index (χ3n) is 2.53. The van der Waals surface area contributed by atoms with E-state index in [9.17, 15) is 0 Å². The van der Waals surface area contributed by atoms with E-state index in [0.29, 0.717) is 6.54 Å². The summed E-state index contributed by atoms with van der Waals surface area (Å²) < 4.78 is 5.56. The first kappa shape index (κ1) is 13.1. The number of nitrogens with zero attached hydrogens (tertiary/aromatic N) is 1. The Morgan fingerprint density at radius 2 is 2.06 bits per heavy atom. The molecule has 96 valence electrons. The molecule has 4 heteroatoms. The summed E-state index contributed by atoms with van der Waals surface area (Å²) in [4.78, 5) is 4.56. The van der Waals surface area contributed by atoms with Crippen LogP contribution in [0.2, 0.25) is 0 Å². The van der Waals surface area contributed by atoms with Crippen LogP contribution in [0.4, 0.5) is 0 Å². The standard InChI is InChI=1S/C14H18N2OS/c1-2-9-17-13-5-3-11(4-6-13)14-16-12(7-8-15)10-18-14/h3-6,10H,2,7-9,15H2,1H3. The van der Waals surface area contributed by atoms with Crippen LogP contribution in [0.15, 0.2) is 29.6 Å². The van der Waals surface area contributed by atoms with Crippen LogP contribution >= 0.6 is 11.3 Å². The van der Waals surface area contributed by atoms with E-state index in [0.717, 1.165) is 41.5 Å². The molecule has 0 radical (unpaired) electrons. The van der Waals surface area contributed by atoms with Gasteiger partial charge in [0.25, 0.3) is 0 Å². The lowest BCUT2D eigenvalue weighted by Gasteiger charge is -2.04. The smallest absolute Gasteiger partial charge is 0.123 e. The summed E-state index contributed by atoms with van der Waals surface area (Å²) in [5.41, 5.74) is 7.73. The van der Waals surface area contributed by atoms with Gasteiger partial charge in [0.05, 0.1) is 12.3 Å². The molecule has 0 bridgehead atoms. The number of nitrogens with two attached hydrogens (primary N) is 1. The molecule has 0 aliphatic heterocycles. The molecule has 1 aromatic carbocycles. The maximum atomic E-state index is 5.56. The van der Waals surface area contributed by atoms with Gasteiger partial charge in [-0.3, -0.25) is 0 Å². The molecule has 0 amide bonds. The number of ether oxygens (including phenoxy) is 1. The van der Waals surface area contributed by atoms with E-state index in [1.54, 1.807) is 11.3 Å². The minimum absolute atomic E-state index is 0.646. The van der Waals surface area contributed by atoms with Crippen molar-refractivity contribution in [2.24, 2.45) is 5.73 Å². The number of aromatic nitrogens is 1. The van der Waals surface area contributed by atoms with Crippen LogP contribution in [0.1, 0.15) is 19.0 Å². The number of hydrogen-bond donors (Lipinski definition) is 1. The largest absolute Gasteiger partial charge is 0.494 e. The summed E-state index contributed by atoms with van der Waals surface area (Å²) in [5.74, 6) is 0.916. The Balaban J connectivity index is 2.07. The quantitative estimate of drug-likeness (QED) is 0.870. The van der Waals surface area contributed by atoms with Crippen LogP contribution in [-0.2, 0) is 6.42 Å². The fraction of sp³-hybridized carbons (Fsp3) is 0.357. The zero-order valence-electron chi connectivity index (χ0n) is 10.6. The van der Waals surface area contributed by atoms with Crippen LogP contribution in [0.25, 0.3) is 10.6 Å². The predicted octanol–water partition coefficient (Wildman–Crippen LogP) is 3.10. The highest BCUT2D eigenvalue weighted by atomic mass is 32.1. The van der Waals surface area contributed by atoms with Crippen molar-refractivity contribution >= 4 is 11.3 Å². The maximum Gasteiger partial charge on any atom is 0.123 e. The molecule has 3 nitrogen and oxygen atoms in total. The highest BCUT2D eigenvalue weighted by Gasteiger charge is 2.04. The lowest BCUT2D eigenvalue weighted by atomic mass is 10.2. The maximum absolute atomic E-state index is 5.56. The molecule has 18 heavy (non-hydrogen) atoms. The predicted molar refractivity (Wildman–Crippen MR) is 76.1 cm³/mol. The van der Waals surface area contributed by atoms with Crippen molar-refractivity contribution in [2.45, 2.75) is 19.8 Å². The van der Waals surface area contributed by atoms with Gasteiger partial charge in [-0.05, 0) is 37.2 Å². The summed E-state index contributed by atoms with van der Waals surface area (Å²) >= 11 is 1.66. The molecule has 0 fully saturated rings. The molecule has 0 aliphatic rings. The molecule has 2 aromatic rings. The van der Waals surface area contributed by atoms with Crippen molar-refractivity contribution < 1.29 is 4.74 Å². The van der Waals surface area contributed by atoms with E-state index in [1.165, 1.54) is 0 Å². The second-order valence-electron chi connectivity index (χ2n) is 4.06. The van der Waals surface area contributed by atoms with Crippen LogP contribution in [0, 0.1) is 0 Å². The Labute approximate surface area is 112 Å². The zero-order chi connectivity index (χ0) is 12.8. The molecule has 1 aromatic heterocycles. The Bertz CT molecular complexity index is 479. The van der Waals surface area contributed by atoms with Crippen molar-refractivity contribution in [2.75, 3.05) is 13.2 Å². The highest BCUT2D eigenvalue weighted by molar-refractivity contribution is 7.13. The van der Waals surface area contributed by atoms with Crippen molar-refractivity contribution in [3.63, 3.8) is 0 Å². The normalized spacial score (nSPS) is 10.6. The van der Waals surface area contributed by atoms with Crippen molar-refractivity contribution in [3.8, 4) is 16.3 Å². The molecule has 2 rings (SSSR count). The second kappa shape index (κ2) is 6.52. The van der Waals surface area contributed by atoms with E-state index >= 15 is 0 Å². The van der Waals surface area contributed by atoms with Gasteiger partial charge < -0.3 is 10.5 Å². The molecule has 0 saturated carbocycles. The van der Waals surface area contributed by atoms with Crippen molar-refractivity contribution in [3.05, 3.63) is 35.3 Å². The van der Waals surface area contributed by atoms with E-state index in [1.807, 2.05) is 12.1 Å². The van der Waals surface area contributed by atoms with Gasteiger partial charge >= 0.3 is 0 Å². The molecule has 0 saturated heterocycles. The SMILES string of the molecule is CCCOc1ccc(-c2nc(CCN)cs2)cc1. The molecule has 2 N–H and O–H groups in total. The first-order valence-electron chi connectivity index (χ1n) is 6.21. The molecule has 0 aliphatic carbocycles. The van der Waals surface area contributed by atoms with Gasteiger partial charge in [-0.2, -0.15) is 0 Å². The number of benzene rings is 1. The van der Waals surface area contributed by atoms with Gasteiger partial charge in [-0.15, -0.1) is 11.3 Å². The van der Waals surface area contributed by atoms with Crippen molar-refractivity contribution in [1.82, 2.24) is 4.98 Å². The minimum Gasteiger partial charge on any atom is -0.494 e. The van der Waals surface area contributed by atoms with Gasteiger partial charge in [-0.1, -0.05) is 6.92 Å². The average Bonchev–Trinajstić information content (AvgIpc) is 2.86. The minimum atomic E-state index is 0.646. The van der Waals surface area contributed by atoms with Gasteiger partial charge in [0, 0.05) is 17.4 Å². The average molecular weight is 262 g/mol. The Kier molecular flexibility index (Phi) is 4.73. The van der Waals surface area contributed by atoms with E-state index in [4.69, 9.17) is 10.5 Å². The third kappa shape index (κ3) is 3.31. The third-order valence-corrected chi connectivity index (χ3v) is 3.47.